The Bertz CT molecular complexity index is 1830. The van der Waals surface area contributed by atoms with Crippen LogP contribution in [-0.4, -0.2) is 54.2 Å². The minimum atomic E-state index is -4.32. The van der Waals surface area contributed by atoms with Crippen LogP contribution >= 0.6 is 31.0 Å². The van der Waals surface area contributed by atoms with E-state index in [0.717, 1.165) is 51.4 Å². The average molecular weight is 908 g/mol. The summed E-state index contributed by atoms with van der Waals surface area (Å²) in [6, 6.07) is 13.2. The zero-order chi connectivity index (χ0) is 42.5. The first-order valence-electron chi connectivity index (χ1n) is 22.7. The number of halogens is 2. The molecule has 10 aliphatic rings. The topological polar surface area (TPSA) is 119 Å². The van der Waals surface area contributed by atoms with Crippen molar-refractivity contribution in [1.29, 1.82) is 0 Å². The third kappa shape index (κ3) is 7.62. The van der Waals surface area contributed by atoms with E-state index < -0.39 is 43.2 Å². The highest BCUT2D eigenvalue weighted by Crippen LogP contribution is 2.63. The van der Waals surface area contributed by atoms with E-state index >= 15 is 0 Å². The van der Waals surface area contributed by atoms with Gasteiger partial charge in [-0.1, -0.05) is 50.9 Å². The molecule has 12 nitrogen and oxygen atoms in total. The molecule has 12 rings (SSSR count). The van der Waals surface area contributed by atoms with E-state index in [9.17, 15) is 4.57 Å². The first kappa shape index (κ1) is 43.4. The van der Waals surface area contributed by atoms with Crippen molar-refractivity contribution in [3.05, 3.63) is 58.6 Å². The van der Waals surface area contributed by atoms with Gasteiger partial charge in [-0.15, -0.1) is 0 Å². The standard InChI is InChI=1S/C46H61Cl2O12P/c1-26-7-17-37-28(3)39(51-41-45(37)35(26)19-21-43(5,53-41)57-59-45)23-30(25-50-61(49,55-33-13-9-31(47)10-14-33)56-34-15-11-32(48)12-16-34)24-40-29(4)38-18-8-27(2)36-20-22-44(6)54-42(52-40)46(36,38)60-58-44/h9-16,26-30,35-42H,7-8,17-25H2,1-6H3/t26-,27-,28-,29-,35+,36+,37+,38+,39-,40-,41-,42-,43-,44-,45-,46-/m1/s1. The molecule has 0 N–H and O–H groups in total. The van der Waals surface area contributed by atoms with Crippen LogP contribution in [0.25, 0.3) is 0 Å². The van der Waals surface area contributed by atoms with Crippen molar-refractivity contribution in [2.45, 2.75) is 153 Å². The van der Waals surface area contributed by atoms with Crippen LogP contribution in [-0.2, 0) is 47.6 Å². The average Bonchev–Trinajstić information content (AvgIpc) is 3.61. The maximum absolute atomic E-state index is 14.9. The number of phosphoric ester groups is 1. The Morgan fingerprint density at radius 1 is 0.623 bits per heavy atom. The minimum Gasteiger partial charge on any atom is -0.395 e. The molecule has 16 atom stereocenters. The van der Waals surface area contributed by atoms with Crippen LogP contribution < -0.4 is 9.05 Å². The highest BCUT2D eigenvalue weighted by molar-refractivity contribution is 7.49. The van der Waals surface area contributed by atoms with Crippen LogP contribution in [0.15, 0.2) is 48.5 Å². The highest BCUT2D eigenvalue weighted by atomic mass is 35.5. The summed E-state index contributed by atoms with van der Waals surface area (Å²) >= 11 is 12.4. The zero-order valence-corrected chi connectivity index (χ0v) is 38.4. The van der Waals surface area contributed by atoms with Crippen LogP contribution in [0.2, 0.25) is 10.0 Å². The van der Waals surface area contributed by atoms with E-state index in [1.165, 1.54) is 0 Å². The van der Waals surface area contributed by atoms with Gasteiger partial charge >= 0.3 is 7.82 Å². The molecule has 61 heavy (non-hydrogen) atoms. The molecule has 2 saturated carbocycles. The SMILES string of the molecule is C[C@H]1[C@@H](CC(COP(=O)(Oc2ccc(Cl)cc2)Oc2ccc(Cl)cc2)C[C@H]2O[C@@H]3O[C@@]4(C)CC[C@H]5[C@H](C)CC[C@@H]([C@H]2C)[C@@]35OO4)O[C@@H]2O[C@@]3(C)CC[C@H]4[C@H](C)CC[C@@H]1[C@@]24OO3. The second kappa shape index (κ2) is 16.1. The smallest absolute Gasteiger partial charge is 0.395 e. The quantitative estimate of drug-likeness (QED) is 0.158. The Morgan fingerprint density at radius 3 is 1.48 bits per heavy atom. The van der Waals surface area contributed by atoms with Crippen LogP contribution in [0.5, 0.6) is 11.5 Å². The van der Waals surface area contributed by atoms with Gasteiger partial charge in [0.2, 0.25) is 11.6 Å². The van der Waals surface area contributed by atoms with Crippen molar-refractivity contribution < 1.29 is 56.6 Å². The van der Waals surface area contributed by atoms with Crippen molar-refractivity contribution in [2.75, 3.05) is 6.61 Å². The molecular weight excluding hydrogens is 846 g/mol. The molecule has 4 bridgehead atoms. The minimum absolute atomic E-state index is 0.0221. The molecule has 2 aromatic rings. The maximum atomic E-state index is 14.9. The monoisotopic (exact) mass is 906 g/mol. The van der Waals surface area contributed by atoms with Gasteiger partial charge in [0.05, 0.1) is 18.8 Å². The van der Waals surface area contributed by atoms with Crippen LogP contribution in [0.1, 0.15) is 106 Å². The summed E-state index contributed by atoms with van der Waals surface area (Å²) in [6.07, 6.45) is 6.99. The van der Waals surface area contributed by atoms with Crippen LogP contribution in [0.3, 0.4) is 0 Å². The normalized spacial score (nSPS) is 45.5. The van der Waals surface area contributed by atoms with Crippen molar-refractivity contribution >= 4 is 31.0 Å². The predicted octanol–water partition coefficient (Wildman–Crippen LogP) is 11.5. The number of hydrogen-bond donors (Lipinski definition) is 0. The van der Waals surface area contributed by atoms with E-state index in [1.807, 2.05) is 13.8 Å². The fourth-order valence-electron chi connectivity index (χ4n) is 12.9. The first-order chi connectivity index (χ1) is 29.1. The summed E-state index contributed by atoms with van der Waals surface area (Å²) in [4.78, 5) is 25.2. The van der Waals surface area contributed by atoms with Crippen LogP contribution in [0, 0.1) is 53.3 Å². The summed E-state index contributed by atoms with van der Waals surface area (Å²) in [5.74, 6) is 0.414. The maximum Gasteiger partial charge on any atom is 0.587 e. The number of benzene rings is 2. The summed E-state index contributed by atoms with van der Waals surface area (Å²) in [6.45, 7) is 13.1. The molecule has 0 radical (unpaired) electrons. The molecule has 336 valence electrons. The Morgan fingerprint density at radius 2 is 1.05 bits per heavy atom. The second-order valence-corrected chi connectivity index (χ2v) is 22.4. The van der Waals surface area contributed by atoms with Gasteiger partial charge < -0.3 is 28.0 Å². The fourth-order valence-corrected chi connectivity index (χ4v) is 14.5. The van der Waals surface area contributed by atoms with Gasteiger partial charge in [0.15, 0.2) is 23.8 Å². The number of hydrogen-bond acceptors (Lipinski definition) is 12. The first-order valence-corrected chi connectivity index (χ1v) is 24.9. The molecule has 2 aliphatic carbocycles. The van der Waals surface area contributed by atoms with E-state index in [0.29, 0.717) is 34.7 Å². The Labute approximate surface area is 369 Å². The van der Waals surface area contributed by atoms with Gasteiger partial charge in [0.25, 0.3) is 0 Å². The summed E-state index contributed by atoms with van der Waals surface area (Å²) in [7, 11) is -4.32. The lowest BCUT2D eigenvalue weighted by atomic mass is 9.56. The lowest BCUT2D eigenvalue weighted by molar-refractivity contribution is -0.571. The van der Waals surface area contributed by atoms with Gasteiger partial charge in [0.1, 0.15) is 11.5 Å². The third-order valence-electron chi connectivity index (χ3n) is 16.3. The second-order valence-electron chi connectivity index (χ2n) is 20.1. The van der Waals surface area contributed by atoms with E-state index in [4.69, 9.17) is 75.3 Å². The van der Waals surface area contributed by atoms with Crippen LogP contribution in [0.4, 0.5) is 0 Å². The number of phosphoric acid groups is 1. The molecule has 8 heterocycles. The third-order valence-corrected chi connectivity index (χ3v) is 18.1. The molecule has 15 heteroatoms. The van der Waals surface area contributed by atoms with Crippen molar-refractivity contribution in [2.24, 2.45) is 53.3 Å². The molecule has 8 saturated heterocycles. The zero-order valence-electron chi connectivity index (χ0n) is 36.0. The fraction of sp³-hybridized carbons (Fsp3) is 0.739. The Balaban J connectivity index is 0.966. The predicted molar refractivity (Wildman–Crippen MR) is 224 cm³/mol. The molecule has 2 spiro atoms. The number of fused-ring (bicyclic) bond motifs is 4. The summed E-state index contributed by atoms with van der Waals surface area (Å²) in [5, 5.41) is 1.03. The highest BCUT2D eigenvalue weighted by Gasteiger charge is 2.71. The van der Waals surface area contributed by atoms with E-state index in [1.54, 1.807) is 48.5 Å². The molecule has 0 unspecified atom stereocenters. The molecule has 10 fully saturated rings. The molecule has 0 aromatic heterocycles. The largest absolute Gasteiger partial charge is 0.587 e. The summed E-state index contributed by atoms with van der Waals surface area (Å²) < 4.78 is 61.4. The van der Waals surface area contributed by atoms with Gasteiger partial charge in [-0.3, -0.25) is 4.52 Å². The van der Waals surface area contributed by atoms with Crippen molar-refractivity contribution in [3.63, 3.8) is 0 Å². The van der Waals surface area contributed by atoms with Crippen molar-refractivity contribution in [1.82, 2.24) is 0 Å². The van der Waals surface area contributed by atoms with Gasteiger partial charge in [0, 0.05) is 34.7 Å². The summed E-state index contributed by atoms with van der Waals surface area (Å²) in [5.41, 5.74) is -1.38. The van der Waals surface area contributed by atoms with E-state index in [-0.39, 0.29) is 71.7 Å². The van der Waals surface area contributed by atoms with Gasteiger partial charge in [-0.05, 0) is 155 Å². The van der Waals surface area contributed by atoms with Crippen molar-refractivity contribution in [3.8, 4) is 11.5 Å². The Hall–Kier alpha value is -1.51. The molecule has 0 amide bonds. The molecule has 2 aromatic carbocycles. The van der Waals surface area contributed by atoms with Gasteiger partial charge in [-0.2, -0.15) is 0 Å². The molecular formula is C46H61Cl2O12P. The lowest BCUT2D eigenvalue weighted by Crippen LogP contribution is -2.70. The van der Waals surface area contributed by atoms with E-state index in [2.05, 4.69) is 27.7 Å². The van der Waals surface area contributed by atoms with Gasteiger partial charge in [-0.25, -0.2) is 24.1 Å². The number of rotatable bonds is 11. The Kier molecular flexibility index (Phi) is 11.5. The number of ether oxygens (including phenoxy) is 4. The molecule has 8 aliphatic heterocycles. The lowest BCUT2D eigenvalue weighted by Gasteiger charge is -2.61.